The fourth-order valence-corrected chi connectivity index (χ4v) is 6.08. The largest absolute Gasteiger partial charge is 0.431 e. The summed E-state index contributed by atoms with van der Waals surface area (Å²) >= 11 is 2.92. The van der Waals surface area contributed by atoms with Crippen LogP contribution in [0, 0.1) is 24.2 Å². The fraction of sp³-hybridized carbons (Fsp3) is 0.375. The predicted molar refractivity (Wildman–Crippen MR) is 130 cm³/mol. The van der Waals surface area contributed by atoms with E-state index < -0.39 is 0 Å². The summed E-state index contributed by atoms with van der Waals surface area (Å²) in [5.41, 5.74) is 4.42. The van der Waals surface area contributed by atoms with Crippen molar-refractivity contribution in [2.75, 3.05) is 5.32 Å². The number of carbonyl (C=O) groups is 1. The Morgan fingerprint density at radius 3 is 3.12 bits per heavy atom. The number of rotatable bonds is 7. The van der Waals surface area contributed by atoms with Crippen LogP contribution in [0.5, 0.6) is 0 Å². The van der Waals surface area contributed by atoms with Crippen molar-refractivity contribution in [1.82, 2.24) is 15.1 Å². The van der Waals surface area contributed by atoms with Crippen molar-refractivity contribution in [2.24, 2.45) is 5.92 Å². The summed E-state index contributed by atoms with van der Waals surface area (Å²) in [6.07, 6.45) is 3.47. The Morgan fingerprint density at radius 1 is 1.38 bits per heavy atom. The minimum Gasteiger partial charge on any atom is -0.431 e. The minimum atomic E-state index is -0.168. The molecule has 10 heteroatoms. The van der Waals surface area contributed by atoms with Crippen LogP contribution in [0.25, 0.3) is 11.1 Å². The van der Waals surface area contributed by atoms with E-state index in [0.717, 1.165) is 41.5 Å². The number of thiophene rings is 1. The molecule has 1 aliphatic rings. The van der Waals surface area contributed by atoms with Crippen LogP contribution in [0.1, 0.15) is 53.0 Å². The minimum absolute atomic E-state index is 0.168. The predicted octanol–water partition coefficient (Wildman–Crippen LogP) is 5.44. The first-order valence-corrected chi connectivity index (χ1v) is 12.9. The van der Waals surface area contributed by atoms with Gasteiger partial charge in [-0.25, -0.2) is 4.98 Å². The number of nitriles is 1. The van der Waals surface area contributed by atoms with Gasteiger partial charge < -0.3 is 14.3 Å². The van der Waals surface area contributed by atoms with Crippen molar-refractivity contribution in [3.05, 3.63) is 51.5 Å². The van der Waals surface area contributed by atoms with Gasteiger partial charge in [0.1, 0.15) is 16.6 Å². The molecular formula is C24H23N5O3S2. The average Bonchev–Trinajstić information content (AvgIpc) is 3.51. The first kappa shape index (κ1) is 22.6. The highest BCUT2D eigenvalue weighted by Crippen LogP contribution is 2.39. The second-order valence-corrected chi connectivity index (χ2v) is 10.6. The maximum absolute atomic E-state index is 12.5. The number of nitrogens with one attached hydrogen (secondary N) is 1. The Labute approximate surface area is 204 Å². The van der Waals surface area contributed by atoms with Crippen molar-refractivity contribution in [3.63, 3.8) is 0 Å². The van der Waals surface area contributed by atoms with Crippen LogP contribution >= 0.6 is 23.1 Å². The molecule has 174 valence electrons. The molecule has 4 aromatic rings. The molecule has 1 N–H and O–H groups in total. The molecule has 0 bridgehead atoms. The molecule has 1 amide bonds. The number of aryl methyl sites for hydroxylation is 2. The molecule has 0 aliphatic heterocycles. The van der Waals surface area contributed by atoms with Crippen molar-refractivity contribution in [2.45, 2.75) is 56.9 Å². The zero-order valence-electron chi connectivity index (χ0n) is 18.9. The van der Waals surface area contributed by atoms with E-state index in [2.05, 4.69) is 33.4 Å². The molecule has 0 fully saturated rings. The zero-order chi connectivity index (χ0) is 23.7. The number of benzene rings is 1. The van der Waals surface area contributed by atoms with Crippen LogP contribution in [-0.2, 0) is 29.8 Å². The Morgan fingerprint density at radius 2 is 2.26 bits per heavy atom. The lowest BCUT2D eigenvalue weighted by atomic mass is 9.88. The molecule has 1 aromatic carbocycles. The van der Waals surface area contributed by atoms with Gasteiger partial charge in [0.05, 0.1) is 11.3 Å². The zero-order valence-corrected chi connectivity index (χ0v) is 20.5. The molecular weight excluding hydrogens is 470 g/mol. The van der Waals surface area contributed by atoms with Gasteiger partial charge in [-0.05, 0) is 55.4 Å². The van der Waals surface area contributed by atoms with Crippen molar-refractivity contribution in [3.8, 4) is 6.07 Å². The number of fused-ring (bicyclic) bond motifs is 2. The molecule has 1 atom stereocenters. The van der Waals surface area contributed by atoms with Crippen molar-refractivity contribution < 1.29 is 13.7 Å². The molecule has 3 aromatic heterocycles. The van der Waals surface area contributed by atoms with Crippen LogP contribution in [0.15, 0.2) is 32.4 Å². The third kappa shape index (κ3) is 4.86. The topological polar surface area (TPSA) is 118 Å². The van der Waals surface area contributed by atoms with Crippen LogP contribution in [0.2, 0.25) is 0 Å². The Bertz CT molecular complexity index is 1400. The highest BCUT2D eigenvalue weighted by molar-refractivity contribution is 7.98. The van der Waals surface area contributed by atoms with E-state index in [4.69, 9.17) is 8.94 Å². The number of carbonyl (C=O) groups excluding carboxylic acids is 1. The van der Waals surface area contributed by atoms with Gasteiger partial charge in [-0.1, -0.05) is 29.9 Å². The van der Waals surface area contributed by atoms with Crippen molar-refractivity contribution in [1.29, 1.82) is 5.26 Å². The summed E-state index contributed by atoms with van der Waals surface area (Å²) < 4.78 is 11.0. The summed E-state index contributed by atoms with van der Waals surface area (Å²) in [4.78, 5) is 22.6. The maximum Gasteiger partial charge on any atom is 0.257 e. The Kier molecular flexibility index (Phi) is 6.39. The summed E-state index contributed by atoms with van der Waals surface area (Å²) in [5.74, 6) is 1.81. The third-order valence-electron chi connectivity index (χ3n) is 5.80. The first-order valence-electron chi connectivity index (χ1n) is 11.1. The van der Waals surface area contributed by atoms with Gasteiger partial charge in [0.15, 0.2) is 11.4 Å². The third-order valence-corrected chi connectivity index (χ3v) is 7.79. The van der Waals surface area contributed by atoms with Crippen LogP contribution in [0.4, 0.5) is 5.00 Å². The lowest BCUT2D eigenvalue weighted by Crippen LogP contribution is -2.12. The van der Waals surface area contributed by atoms with E-state index in [9.17, 15) is 10.1 Å². The Hall–Kier alpha value is -3.16. The second kappa shape index (κ2) is 9.60. The molecule has 0 saturated carbocycles. The fourth-order valence-electron chi connectivity index (χ4n) is 4.02. The van der Waals surface area contributed by atoms with Gasteiger partial charge in [0.2, 0.25) is 11.8 Å². The molecule has 0 saturated heterocycles. The quantitative estimate of drug-likeness (QED) is 0.338. The molecule has 34 heavy (non-hydrogen) atoms. The summed E-state index contributed by atoms with van der Waals surface area (Å²) in [7, 11) is 0. The number of oxazole rings is 1. The molecule has 5 rings (SSSR count). The molecule has 1 aliphatic carbocycles. The normalized spacial score (nSPS) is 15.3. The molecule has 8 nitrogen and oxygen atoms in total. The lowest BCUT2D eigenvalue weighted by Gasteiger charge is -2.17. The molecule has 0 spiro atoms. The number of thioether (sulfide) groups is 1. The maximum atomic E-state index is 12.5. The number of anilines is 1. The standard InChI is InChI=1S/C24H23N5O3S2/c1-13-4-6-18-17(9-13)26-24(31-18)33-12-20-27-22(32-29-20)8-7-21(30)28-23-16(11-25)15-5-3-14(2)10-19(15)34-23/h4,6,9,14H,3,5,7-8,10,12H2,1-2H3,(H,28,30)/t14-/m1/s1. The van der Waals surface area contributed by atoms with Crippen molar-refractivity contribution >= 4 is 45.1 Å². The van der Waals surface area contributed by atoms with Crippen LogP contribution in [-0.4, -0.2) is 21.0 Å². The first-order chi connectivity index (χ1) is 16.5. The van der Waals surface area contributed by atoms with Gasteiger partial charge in [-0.15, -0.1) is 11.3 Å². The number of hydrogen-bond acceptors (Lipinski definition) is 9. The second-order valence-electron chi connectivity index (χ2n) is 8.56. The summed E-state index contributed by atoms with van der Waals surface area (Å²) in [6.45, 7) is 4.23. The SMILES string of the molecule is Cc1ccc2oc(SCc3noc(CCC(=O)Nc4sc5c(c4C#N)CC[C@@H](C)C5)n3)nc2c1. The van der Waals surface area contributed by atoms with Gasteiger partial charge in [-0.2, -0.15) is 10.2 Å². The Balaban J connectivity index is 1.15. The molecule has 3 heterocycles. The molecule has 0 radical (unpaired) electrons. The number of nitrogens with zero attached hydrogens (tertiary/aromatic N) is 4. The van der Waals surface area contributed by atoms with E-state index in [1.165, 1.54) is 28.0 Å². The van der Waals surface area contributed by atoms with Gasteiger partial charge >= 0.3 is 0 Å². The van der Waals surface area contributed by atoms with Crippen LogP contribution < -0.4 is 5.32 Å². The molecule has 0 unspecified atom stereocenters. The highest BCUT2D eigenvalue weighted by atomic mass is 32.2. The van der Waals surface area contributed by atoms with Gasteiger partial charge in [-0.3, -0.25) is 4.79 Å². The highest BCUT2D eigenvalue weighted by Gasteiger charge is 2.24. The van der Waals surface area contributed by atoms with Crippen LogP contribution in [0.3, 0.4) is 0 Å². The monoisotopic (exact) mass is 493 g/mol. The number of aromatic nitrogens is 3. The van der Waals surface area contributed by atoms with E-state index in [1.807, 2.05) is 25.1 Å². The smallest absolute Gasteiger partial charge is 0.257 e. The van der Waals surface area contributed by atoms with Gasteiger partial charge in [0, 0.05) is 17.7 Å². The number of hydrogen-bond donors (Lipinski definition) is 1. The summed E-state index contributed by atoms with van der Waals surface area (Å²) in [6, 6.07) is 8.15. The van der Waals surface area contributed by atoms with Gasteiger partial charge in [0.25, 0.3) is 5.22 Å². The van der Waals surface area contributed by atoms with E-state index in [-0.39, 0.29) is 12.3 Å². The summed E-state index contributed by atoms with van der Waals surface area (Å²) in [5, 5.41) is 17.7. The lowest BCUT2D eigenvalue weighted by molar-refractivity contribution is -0.116. The van der Waals surface area contributed by atoms with E-state index in [0.29, 0.717) is 45.6 Å². The van der Waals surface area contributed by atoms with E-state index in [1.54, 1.807) is 0 Å². The number of amides is 1. The van der Waals surface area contributed by atoms with E-state index >= 15 is 0 Å². The average molecular weight is 494 g/mol.